The summed E-state index contributed by atoms with van der Waals surface area (Å²) in [5.74, 6) is -0.249. The van der Waals surface area contributed by atoms with E-state index in [1.54, 1.807) is 19.1 Å². The van der Waals surface area contributed by atoms with Gasteiger partial charge in [0.1, 0.15) is 0 Å². The molecule has 1 rings (SSSR count). The van der Waals surface area contributed by atoms with Crippen LogP contribution in [0.2, 0.25) is 0 Å². The number of likely N-dealkylation sites (N-methyl/N-ethyl adjacent to an activating group) is 1. The Morgan fingerprint density at radius 1 is 1.26 bits per heavy atom. The third kappa shape index (κ3) is 8.11. The highest BCUT2D eigenvalue weighted by Crippen LogP contribution is 2.19. The SMILES string of the molecule is COCCCNC(=O)CN(C)CC(=O)Nc1ccc(Br)cc1C. The summed E-state index contributed by atoms with van der Waals surface area (Å²) in [6, 6.07) is 5.66. The van der Waals surface area contributed by atoms with Crippen LogP contribution in [-0.2, 0) is 14.3 Å². The van der Waals surface area contributed by atoms with Crippen molar-refractivity contribution in [3.63, 3.8) is 0 Å². The van der Waals surface area contributed by atoms with Crippen LogP contribution in [0.3, 0.4) is 0 Å². The van der Waals surface area contributed by atoms with Crippen molar-refractivity contribution < 1.29 is 14.3 Å². The van der Waals surface area contributed by atoms with Crippen LogP contribution < -0.4 is 10.6 Å². The third-order valence-corrected chi connectivity index (χ3v) is 3.63. The van der Waals surface area contributed by atoms with Crippen molar-refractivity contribution in [2.45, 2.75) is 13.3 Å². The largest absolute Gasteiger partial charge is 0.385 e. The van der Waals surface area contributed by atoms with Crippen LogP contribution in [0.25, 0.3) is 0 Å². The molecule has 0 heterocycles. The quantitative estimate of drug-likeness (QED) is 0.635. The number of anilines is 1. The molecule has 0 fully saturated rings. The molecule has 2 amide bonds. The number of ether oxygens (including phenoxy) is 1. The van der Waals surface area contributed by atoms with Gasteiger partial charge in [-0.2, -0.15) is 0 Å². The van der Waals surface area contributed by atoms with Crippen LogP contribution in [0.4, 0.5) is 5.69 Å². The first-order valence-electron chi connectivity index (χ1n) is 7.42. The number of nitrogens with zero attached hydrogens (tertiary/aromatic N) is 1. The topological polar surface area (TPSA) is 70.7 Å². The molecule has 128 valence electrons. The van der Waals surface area contributed by atoms with E-state index in [9.17, 15) is 9.59 Å². The van der Waals surface area contributed by atoms with Crippen LogP contribution in [-0.4, -0.2) is 57.1 Å². The fraction of sp³-hybridized carbons (Fsp3) is 0.500. The third-order valence-electron chi connectivity index (χ3n) is 3.14. The van der Waals surface area contributed by atoms with Crippen LogP contribution >= 0.6 is 15.9 Å². The zero-order chi connectivity index (χ0) is 17.2. The van der Waals surface area contributed by atoms with Gasteiger partial charge in [0.05, 0.1) is 13.1 Å². The summed E-state index contributed by atoms with van der Waals surface area (Å²) in [6.45, 7) is 3.45. The number of amides is 2. The maximum Gasteiger partial charge on any atom is 0.238 e. The molecule has 0 aliphatic carbocycles. The van der Waals surface area contributed by atoms with E-state index in [0.29, 0.717) is 13.2 Å². The summed E-state index contributed by atoms with van der Waals surface area (Å²) in [5.41, 5.74) is 1.75. The van der Waals surface area contributed by atoms with Crippen molar-refractivity contribution in [2.24, 2.45) is 0 Å². The number of aryl methyl sites for hydroxylation is 1. The number of nitrogens with one attached hydrogen (secondary N) is 2. The Kier molecular flexibility index (Phi) is 8.83. The van der Waals surface area contributed by atoms with Gasteiger partial charge in [-0.3, -0.25) is 14.5 Å². The Balaban J connectivity index is 2.34. The number of carbonyl (C=O) groups excluding carboxylic acids is 2. The minimum atomic E-state index is -0.148. The summed E-state index contributed by atoms with van der Waals surface area (Å²) in [5, 5.41) is 5.64. The molecule has 0 spiro atoms. The lowest BCUT2D eigenvalue weighted by Gasteiger charge is -2.16. The van der Waals surface area contributed by atoms with Crippen LogP contribution in [0.5, 0.6) is 0 Å². The summed E-state index contributed by atoms with van der Waals surface area (Å²) < 4.78 is 5.88. The predicted octanol–water partition coefficient (Wildman–Crippen LogP) is 1.78. The molecule has 0 unspecified atom stereocenters. The normalized spacial score (nSPS) is 10.7. The van der Waals surface area contributed by atoms with E-state index >= 15 is 0 Å². The van der Waals surface area contributed by atoms with Gasteiger partial charge in [0, 0.05) is 30.4 Å². The highest BCUT2D eigenvalue weighted by molar-refractivity contribution is 9.10. The molecule has 23 heavy (non-hydrogen) atoms. The Bertz CT molecular complexity index is 537. The smallest absolute Gasteiger partial charge is 0.238 e. The molecular formula is C16H24BrN3O3. The van der Waals surface area contributed by atoms with E-state index in [2.05, 4.69) is 26.6 Å². The zero-order valence-corrected chi connectivity index (χ0v) is 15.4. The van der Waals surface area contributed by atoms with Gasteiger partial charge in [0.25, 0.3) is 0 Å². The van der Waals surface area contributed by atoms with Crippen LogP contribution in [0.15, 0.2) is 22.7 Å². The van der Waals surface area contributed by atoms with Crippen molar-refractivity contribution in [2.75, 3.05) is 45.7 Å². The minimum Gasteiger partial charge on any atom is -0.385 e. The van der Waals surface area contributed by atoms with Crippen molar-refractivity contribution in [1.82, 2.24) is 10.2 Å². The number of benzene rings is 1. The highest BCUT2D eigenvalue weighted by atomic mass is 79.9. The zero-order valence-electron chi connectivity index (χ0n) is 13.8. The molecule has 6 nitrogen and oxygen atoms in total. The second kappa shape index (κ2) is 10.4. The van der Waals surface area contributed by atoms with E-state index in [-0.39, 0.29) is 24.9 Å². The van der Waals surface area contributed by atoms with E-state index in [0.717, 1.165) is 22.1 Å². The Morgan fingerprint density at radius 3 is 2.61 bits per heavy atom. The summed E-state index contributed by atoms with van der Waals surface area (Å²) in [4.78, 5) is 25.4. The van der Waals surface area contributed by atoms with E-state index in [1.165, 1.54) is 0 Å². The standard InChI is InChI=1S/C16H24BrN3O3/c1-12-9-13(17)5-6-14(12)19-16(22)11-20(2)10-15(21)18-7-4-8-23-3/h5-6,9H,4,7-8,10-11H2,1-3H3,(H,18,21)(H,19,22). The average Bonchev–Trinajstić information content (AvgIpc) is 2.46. The van der Waals surface area contributed by atoms with Gasteiger partial charge < -0.3 is 15.4 Å². The number of rotatable bonds is 9. The lowest BCUT2D eigenvalue weighted by atomic mass is 10.2. The molecule has 0 saturated heterocycles. The lowest BCUT2D eigenvalue weighted by Crippen LogP contribution is -2.39. The maximum atomic E-state index is 12.0. The Labute approximate surface area is 145 Å². The first-order chi connectivity index (χ1) is 10.9. The summed E-state index contributed by atoms with van der Waals surface area (Å²) in [6.07, 6.45) is 0.773. The molecule has 0 aliphatic heterocycles. The second-order valence-electron chi connectivity index (χ2n) is 5.38. The van der Waals surface area contributed by atoms with Gasteiger partial charge in [0.15, 0.2) is 0 Å². The molecule has 2 N–H and O–H groups in total. The summed E-state index contributed by atoms with van der Waals surface area (Å²) in [7, 11) is 3.37. The van der Waals surface area contributed by atoms with Gasteiger partial charge in [-0.25, -0.2) is 0 Å². The molecule has 0 aliphatic rings. The number of methoxy groups -OCH3 is 1. The first-order valence-corrected chi connectivity index (χ1v) is 8.22. The van der Waals surface area contributed by atoms with E-state index < -0.39 is 0 Å². The van der Waals surface area contributed by atoms with Gasteiger partial charge in [0.2, 0.25) is 11.8 Å². The van der Waals surface area contributed by atoms with Crippen molar-refractivity contribution in [3.05, 3.63) is 28.2 Å². The van der Waals surface area contributed by atoms with Crippen molar-refractivity contribution >= 4 is 33.4 Å². The van der Waals surface area contributed by atoms with E-state index in [4.69, 9.17) is 4.74 Å². The molecule has 0 saturated carbocycles. The van der Waals surface area contributed by atoms with Crippen LogP contribution in [0.1, 0.15) is 12.0 Å². The molecule has 0 aromatic heterocycles. The monoisotopic (exact) mass is 385 g/mol. The fourth-order valence-electron chi connectivity index (χ4n) is 2.00. The van der Waals surface area contributed by atoms with Crippen molar-refractivity contribution in [3.8, 4) is 0 Å². The molecule has 0 atom stereocenters. The fourth-order valence-corrected chi connectivity index (χ4v) is 2.48. The number of carbonyl (C=O) groups is 2. The molecule has 7 heteroatoms. The van der Waals surface area contributed by atoms with Gasteiger partial charge >= 0.3 is 0 Å². The Hall–Kier alpha value is -1.44. The van der Waals surface area contributed by atoms with Gasteiger partial charge in [-0.1, -0.05) is 15.9 Å². The maximum absolute atomic E-state index is 12.0. The Morgan fingerprint density at radius 2 is 1.96 bits per heavy atom. The average molecular weight is 386 g/mol. The van der Waals surface area contributed by atoms with Gasteiger partial charge in [-0.05, 0) is 44.2 Å². The van der Waals surface area contributed by atoms with E-state index in [1.807, 2.05) is 25.1 Å². The molecule has 0 radical (unpaired) electrons. The van der Waals surface area contributed by atoms with Gasteiger partial charge in [-0.15, -0.1) is 0 Å². The van der Waals surface area contributed by atoms with Crippen LogP contribution in [0, 0.1) is 6.92 Å². The van der Waals surface area contributed by atoms with Crippen molar-refractivity contribution in [1.29, 1.82) is 0 Å². The molecule has 0 bridgehead atoms. The second-order valence-corrected chi connectivity index (χ2v) is 6.29. The lowest BCUT2D eigenvalue weighted by molar-refractivity contribution is -0.123. The first kappa shape index (κ1) is 19.6. The molecular weight excluding hydrogens is 362 g/mol. The number of hydrogen-bond acceptors (Lipinski definition) is 4. The highest BCUT2D eigenvalue weighted by Gasteiger charge is 2.11. The molecule has 1 aromatic rings. The summed E-state index contributed by atoms with van der Waals surface area (Å²) >= 11 is 3.39. The molecule has 1 aromatic carbocycles. The predicted molar refractivity (Wildman–Crippen MR) is 94.5 cm³/mol. The number of halogens is 1. The number of hydrogen-bond donors (Lipinski definition) is 2. The minimum absolute atomic E-state index is 0.101.